The van der Waals surface area contributed by atoms with Crippen LogP contribution in [0.25, 0.3) is 0 Å². The molecule has 2 aromatic rings. The number of aromatic nitrogens is 2. The van der Waals surface area contributed by atoms with Gasteiger partial charge in [-0.1, -0.05) is 12.1 Å². The summed E-state index contributed by atoms with van der Waals surface area (Å²) in [4.78, 5) is 28.2. The SMILES string of the molecule is CC(C)(O)CCc1cccc(C(=O)N2CCN(c3cn[nH]c(=O)c3)CC2)c1. The first-order valence-electron chi connectivity index (χ1n) is 9.22. The fourth-order valence-electron chi connectivity index (χ4n) is 3.20. The first-order chi connectivity index (χ1) is 12.8. The lowest BCUT2D eigenvalue weighted by Gasteiger charge is -2.35. The van der Waals surface area contributed by atoms with Crippen molar-refractivity contribution in [1.29, 1.82) is 0 Å². The Balaban J connectivity index is 1.61. The van der Waals surface area contributed by atoms with Crippen LogP contribution in [0.15, 0.2) is 41.3 Å². The van der Waals surface area contributed by atoms with E-state index in [0.717, 1.165) is 17.7 Å². The van der Waals surface area contributed by atoms with Crippen LogP contribution in [0, 0.1) is 0 Å². The van der Waals surface area contributed by atoms with E-state index in [1.54, 1.807) is 20.0 Å². The smallest absolute Gasteiger partial charge is 0.266 e. The Bertz CT molecular complexity index is 849. The molecule has 2 N–H and O–H groups in total. The first kappa shape index (κ1) is 19.1. The van der Waals surface area contributed by atoms with Crippen molar-refractivity contribution in [2.75, 3.05) is 31.1 Å². The minimum atomic E-state index is -0.718. The number of aromatic amines is 1. The summed E-state index contributed by atoms with van der Waals surface area (Å²) in [6, 6.07) is 9.16. The average Bonchev–Trinajstić information content (AvgIpc) is 2.66. The van der Waals surface area contributed by atoms with Gasteiger partial charge in [-0.25, -0.2) is 5.10 Å². The van der Waals surface area contributed by atoms with Crippen molar-refractivity contribution in [1.82, 2.24) is 15.1 Å². The molecule has 1 aromatic carbocycles. The van der Waals surface area contributed by atoms with Crippen molar-refractivity contribution in [2.24, 2.45) is 0 Å². The summed E-state index contributed by atoms with van der Waals surface area (Å²) in [6.45, 7) is 6.10. The molecule has 0 spiro atoms. The number of H-pyrrole nitrogens is 1. The zero-order valence-corrected chi connectivity index (χ0v) is 15.8. The largest absolute Gasteiger partial charge is 0.390 e. The van der Waals surface area contributed by atoms with Crippen molar-refractivity contribution in [3.05, 3.63) is 58.0 Å². The zero-order valence-electron chi connectivity index (χ0n) is 15.8. The van der Waals surface area contributed by atoms with Crippen LogP contribution in [-0.4, -0.2) is 57.9 Å². The monoisotopic (exact) mass is 370 g/mol. The summed E-state index contributed by atoms with van der Waals surface area (Å²) in [5, 5.41) is 16.1. The molecule has 2 heterocycles. The number of amides is 1. The topological polar surface area (TPSA) is 89.5 Å². The second-order valence-corrected chi connectivity index (χ2v) is 7.60. The Kier molecular flexibility index (Phi) is 5.60. The van der Waals surface area contributed by atoms with E-state index in [1.165, 1.54) is 6.07 Å². The Morgan fingerprint density at radius 3 is 2.63 bits per heavy atom. The van der Waals surface area contributed by atoms with Gasteiger partial charge in [0.05, 0.1) is 17.5 Å². The Morgan fingerprint density at radius 1 is 1.22 bits per heavy atom. The van der Waals surface area contributed by atoms with Crippen LogP contribution in [0.1, 0.15) is 36.2 Å². The molecular weight excluding hydrogens is 344 g/mol. The highest BCUT2D eigenvalue weighted by Crippen LogP contribution is 2.17. The van der Waals surface area contributed by atoms with Gasteiger partial charge in [-0.15, -0.1) is 0 Å². The summed E-state index contributed by atoms with van der Waals surface area (Å²) in [7, 11) is 0. The second-order valence-electron chi connectivity index (χ2n) is 7.60. The van der Waals surface area contributed by atoms with Gasteiger partial charge in [-0.3, -0.25) is 9.59 Å². The molecule has 27 heavy (non-hydrogen) atoms. The third-order valence-corrected chi connectivity index (χ3v) is 4.78. The normalized spacial score (nSPS) is 15.1. The molecule has 0 unspecified atom stereocenters. The minimum Gasteiger partial charge on any atom is -0.390 e. The van der Waals surface area contributed by atoms with E-state index in [-0.39, 0.29) is 11.5 Å². The van der Waals surface area contributed by atoms with Crippen molar-refractivity contribution in [3.63, 3.8) is 0 Å². The number of piperazine rings is 1. The molecule has 0 atom stereocenters. The molecule has 3 rings (SSSR count). The minimum absolute atomic E-state index is 0.0174. The van der Waals surface area contributed by atoms with Gasteiger partial charge >= 0.3 is 0 Å². The number of nitrogens with zero attached hydrogens (tertiary/aromatic N) is 3. The van der Waals surface area contributed by atoms with Gasteiger partial charge in [0.15, 0.2) is 0 Å². The fourth-order valence-corrected chi connectivity index (χ4v) is 3.20. The molecule has 1 aromatic heterocycles. The number of hydrogen-bond acceptors (Lipinski definition) is 5. The van der Waals surface area contributed by atoms with Gasteiger partial charge in [0.2, 0.25) is 0 Å². The third kappa shape index (κ3) is 5.17. The van der Waals surface area contributed by atoms with E-state index in [4.69, 9.17) is 0 Å². The molecule has 1 aliphatic rings. The summed E-state index contributed by atoms with van der Waals surface area (Å²) < 4.78 is 0. The van der Waals surface area contributed by atoms with Gasteiger partial charge in [-0.05, 0) is 44.4 Å². The molecule has 0 bridgehead atoms. The molecule has 0 aliphatic carbocycles. The third-order valence-electron chi connectivity index (χ3n) is 4.78. The van der Waals surface area contributed by atoms with Crippen LogP contribution in [-0.2, 0) is 6.42 Å². The van der Waals surface area contributed by atoms with Gasteiger partial charge < -0.3 is 14.9 Å². The number of aliphatic hydroxyl groups is 1. The van der Waals surface area contributed by atoms with E-state index >= 15 is 0 Å². The van der Waals surface area contributed by atoms with Crippen molar-refractivity contribution >= 4 is 11.6 Å². The van der Waals surface area contributed by atoms with Crippen molar-refractivity contribution in [3.8, 4) is 0 Å². The number of nitrogens with one attached hydrogen (secondary N) is 1. The zero-order chi connectivity index (χ0) is 19.4. The number of hydrogen-bond donors (Lipinski definition) is 2. The lowest BCUT2D eigenvalue weighted by Crippen LogP contribution is -2.49. The molecule has 7 nitrogen and oxygen atoms in total. The molecule has 1 amide bonds. The molecule has 0 saturated carbocycles. The van der Waals surface area contributed by atoms with Gasteiger partial charge in [0, 0.05) is 37.8 Å². The van der Waals surface area contributed by atoms with E-state index in [1.807, 2.05) is 29.2 Å². The quantitative estimate of drug-likeness (QED) is 0.831. The Labute approximate surface area is 158 Å². The molecule has 7 heteroatoms. The van der Waals surface area contributed by atoms with E-state index in [0.29, 0.717) is 38.2 Å². The molecule has 1 aliphatic heterocycles. The number of anilines is 1. The van der Waals surface area contributed by atoms with Crippen molar-refractivity contribution in [2.45, 2.75) is 32.3 Å². The van der Waals surface area contributed by atoms with Gasteiger partial charge in [0.25, 0.3) is 11.5 Å². The summed E-state index contributed by atoms with van der Waals surface area (Å²) in [5.74, 6) is 0.0174. The highest BCUT2D eigenvalue weighted by molar-refractivity contribution is 5.94. The Hall–Kier alpha value is -2.67. The van der Waals surface area contributed by atoms with Crippen LogP contribution in [0.4, 0.5) is 5.69 Å². The first-order valence-corrected chi connectivity index (χ1v) is 9.22. The molecule has 0 radical (unpaired) electrons. The maximum atomic E-state index is 12.8. The number of carbonyl (C=O) groups excluding carboxylic acids is 1. The van der Waals surface area contributed by atoms with Crippen LogP contribution < -0.4 is 10.5 Å². The van der Waals surface area contributed by atoms with Crippen LogP contribution in [0.2, 0.25) is 0 Å². The standard InChI is InChI=1S/C20H26N4O3/c1-20(2,27)7-6-15-4-3-5-16(12-15)19(26)24-10-8-23(9-11-24)17-13-18(25)22-21-14-17/h3-5,12-14,27H,6-11H2,1-2H3,(H,22,25). The highest BCUT2D eigenvalue weighted by Gasteiger charge is 2.23. The Morgan fingerprint density at radius 2 is 1.96 bits per heavy atom. The lowest BCUT2D eigenvalue weighted by atomic mass is 9.97. The second kappa shape index (κ2) is 7.92. The predicted octanol–water partition coefficient (Wildman–Crippen LogP) is 1.44. The van der Waals surface area contributed by atoms with Gasteiger partial charge in [-0.2, -0.15) is 5.10 Å². The molecule has 1 fully saturated rings. The average molecular weight is 370 g/mol. The number of benzene rings is 1. The summed E-state index contributed by atoms with van der Waals surface area (Å²) in [6.07, 6.45) is 3.01. The van der Waals surface area contributed by atoms with Crippen molar-refractivity contribution < 1.29 is 9.90 Å². The maximum absolute atomic E-state index is 12.8. The van der Waals surface area contributed by atoms with E-state index in [9.17, 15) is 14.7 Å². The van der Waals surface area contributed by atoms with E-state index < -0.39 is 5.60 Å². The number of rotatable bonds is 5. The summed E-state index contributed by atoms with van der Waals surface area (Å²) in [5.41, 5.74) is 1.56. The molecular formula is C20H26N4O3. The van der Waals surface area contributed by atoms with Crippen LogP contribution >= 0.6 is 0 Å². The maximum Gasteiger partial charge on any atom is 0.266 e. The lowest BCUT2D eigenvalue weighted by molar-refractivity contribution is 0.0714. The summed E-state index contributed by atoms with van der Waals surface area (Å²) >= 11 is 0. The molecule has 144 valence electrons. The highest BCUT2D eigenvalue weighted by atomic mass is 16.3. The van der Waals surface area contributed by atoms with E-state index in [2.05, 4.69) is 15.1 Å². The van der Waals surface area contributed by atoms with Gasteiger partial charge in [0.1, 0.15) is 0 Å². The number of carbonyl (C=O) groups is 1. The van der Waals surface area contributed by atoms with Crippen LogP contribution in [0.5, 0.6) is 0 Å². The molecule has 1 saturated heterocycles. The van der Waals surface area contributed by atoms with Crippen LogP contribution in [0.3, 0.4) is 0 Å². The predicted molar refractivity (Wildman–Crippen MR) is 104 cm³/mol. The number of aryl methyl sites for hydroxylation is 1. The fraction of sp³-hybridized carbons (Fsp3) is 0.450.